The lowest BCUT2D eigenvalue weighted by Crippen LogP contribution is -2.33. The number of hydrogen-bond donors (Lipinski definition) is 0. The molecule has 2 nitrogen and oxygen atoms in total. The summed E-state index contributed by atoms with van der Waals surface area (Å²) in [7, 11) is 0. The average Bonchev–Trinajstić information content (AvgIpc) is 2.73. The van der Waals surface area contributed by atoms with Gasteiger partial charge in [0.15, 0.2) is 0 Å². The zero-order chi connectivity index (χ0) is 13.3. The smallest absolute Gasteiger partial charge is 0.336 e. The van der Waals surface area contributed by atoms with E-state index < -0.39 is 11.7 Å². The molecule has 1 atom stereocenters. The van der Waals surface area contributed by atoms with E-state index >= 15 is 0 Å². The van der Waals surface area contributed by atoms with Gasteiger partial charge in [0.2, 0.25) is 0 Å². The van der Waals surface area contributed by atoms with Crippen molar-refractivity contribution in [2.45, 2.75) is 32.0 Å². The normalized spacial score (nSPS) is 20.2. The third-order valence-corrected chi connectivity index (χ3v) is 3.27. The second-order valence-electron chi connectivity index (χ2n) is 4.56. The van der Waals surface area contributed by atoms with E-state index in [1.807, 2.05) is 6.92 Å². The van der Waals surface area contributed by atoms with Crippen molar-refractivity contribution in [1.82, 2.24) is 4.90 Å². The maximum atomic E-state index is 12.4. The van der Waals surface area contributed by atoms with E-state index in [-0.39, 0.29) is 11.9 Å². The summed E-state index contributed by atoms with van der Waals surface area (Å²) in [6, 6.07) is 4.56. The number of carbonyl (C=O) groups is 1. The summed E-state index contributed by atoms with van der Waals surface area (Å²) in [6.07, 6.45) is -2.46. The van der Waals surface area contributed by atoms with Gasteiger partial charge in [-0.2, -0.15) is 13.2 Å². The van der Waals surface area contributed by atoms with Gasteiger partial charge in [-0.3, -0.25) is 4.79 Å². The molecule has 1 amide bonds. The highest BCUT2D eigenvalue weighted by Crippen LogP contribution is 2.29. The molecule has 1 saturated heterocycles. The van der Waals surface area contributed by atoms with Crippen LogP contribution in [-0.2, 0) is 6.18 Å². The minimum atomic E-state index is -4.36. The molecule has 0 aliphatic carbocycles. The van der Waals surface area contributed by atoms with Crippen LogP contribution in [0.4, 0.5) is 13.2 Å². The Bertz CT molecular complexity index is 439. The van der Waals surface area contributed by atoms with E-state index in [1.165, 1.54) is 12.1 Å². The summed E-state index contributed by atoms with van der Waals surface area (Å²) >= 11 is 0. The van der Waals surface area contributed by atoms with Crippen LogP contribution in [0.5, 0.6) is 0 Å². The first-order valence-electron chi connectivity index (χ1n) is 5.88. The molecule has 5 heteroatoms. The molecular formula is C13H14F3NO. The molecule has 1 aliphatic rings. The minimum Gasteiger partial charge on any atom is -0.336 e. The van der Waals surface area contributed by atoms with Crippen molar-refractivity contribution in [2.75, 3.05) is 6.54 Å². The van der Waals surface area contributed by atoms with Crippen molar-refractivity contribution >= 4 is 5.91 Å². The molecule has 0 saturated carbocycles. The summed E-state index contributed by atoms with van der Waals surface area (Å²) in [5, 5.41) is 0. The summed E-state index contributed by atoms with van der Waals surface area (Å²) in [5.74, 6) is -0.186. The van der Waals surface area contributed by atoms with Gasteiger partial charge in [0.1, 0.15) is 0 Å². The maximum absolute atomic E-state index is 12.4. The van der Waals surface area contributed by atoms with Gasteiger partial charge in [-0.15, -0.1) is 0 Å². The summed E-state index contributed by atoms with van der Waals surface area (Å²) < 4.78 is 37.2. The van der Waals surface area contributed by atoms with Crippen LogP contribution in [0.1, 0.15) is 35.7 Å². The van der Waals surface area contributed by atoms with Crippen LogP contribution in [-0.4, -0.2) is 23.4 Å². The lowest BCUT2D eigenvalue weighted by Gasteiger charge is -2.21. The highest BCUT2D eigenvalue weighted by atomic mass is 19.4. The van der Waals surface area contributed by atoms with E-state index in [4.69, 9.17) is 0 Å². The van der Waals surface area contributed by atoms with Crippen molar-refractivity contribution in [1.29, 1.82) is 0 Å². The van der Waals surface area contributed by atoms with E-state index in [0.717, 1.165) is 25.0 Å². The van der Waals surface area contributed by atoms with Crippen LogP contribution >= 0.6 is 0 Å². The molecule has 0 bridgehead atoms. The number of amides is 1. The summed E-state index contributed by atoms with van der Waals surface area (Å²) in [5.41, 5.74) is -0.412. The van der Waals surface area contributed by atoms with Crippen LogP contribution < -0.4 is 0 Å². The van der Waals surface area contributed by atoms with Crippen molar-refractivity contribution < 1.29 is 18.0 Å². The molecule has 1 aromatic carbocycles. The van der Waals surface area contributed by atoms with Crippen LogP contribution in [0.3, 0.4) is 0 Å². The average molecular weight is 257 g/mol. The molecule has 0 N–H and O–H groups in total. The predicted molar refractivity (Wildman–Crippen MR) is 61.2 cm³/mol. The predicted octanol–water partition coefficient (Wildman–Crippen LogP) is 3.33. The van der Waals surface area contributed by atoms with E-state index in [0.29, 0.717) is 12.1 Å². The molecule has 1 unspecified atom stereocenters. The Hall–Kier alpha value is -1.52. The molecule has 1 aromatic rings. The van der Waals surface area contributed by atoms with E-state index in [1.54, 1.807) is 4.90 Å². The van der Waals surface area contributed by atoms with Crippen LogP contribution in [0.15, 0.2) is 24.3 Å². The number of halogens is 3. The summed E-state index contributed by atoms with van der Waals surface area (Å²) in [4.78, 5) is 13.8. The zero-order valence-corrected chi connectivity index (χ0v) is 10.00. The van der Waals surface area contributed by atoms with E-state index in [9.17, 15) is 18.0 Å². The van der Waals surface area contributed by atoms with Crippen molar-refractivity contribution in [2.24, 2.45) is 0 Å². The van der Waals surface area contributed by atoms with Gasteiger partial charge in [0.05, 0.1) is 5.56 Å². The highest BCUT2D eigenvalue weighted by molar-refractivity contribution is 5.94. The Labute approximate surface area is 103 Å². The van der Waals surface area contributed by atoms with Gasteiger partial charge >= 0.3 is 6.18 Å². The Balaban J connectivity index is 2.17. The van der Waals surface area contributed by atoms with Gasteiger partial charge in [-0.1, -0.05) is 0 Å². The van der Waals surface area contributed by atoms with Crippen molar-refractivity contribution in [3.63, 3.8) is 0 Å². The van der Waals surface area contributed by atoms with Gasteiger partial charge in [-0.05, 0) is 44.0 Å². The Morgan fingerprint density at radius 1 is 1.28 bits per heavy atom. The fraction of sp³-hybridized carbons (Fsp3) is 0.462. The second kappa shape index (κ2) is 4.63. The topological polar surface area (TPSA) is 20.3 Å². The van der Waals surface area contributed by atoms with Crippen LogP contribution in [0.25, 0.3) is 0 Å². The molecule has 18 heavy (non-hydrogen) atoms. The number of benzene rings is 1. The Morgan fingerprint density at radius 3 is 2.33 bits per heavy atom. The number of carbonyl (C=O) groups excluding carboxylic acids is 1. The molecule has 98 valence electrons. The van der Waals surface area contributed by atoms with Gasteiger partial charge < -0.3 is 4.90 Å². The molecule has 0 spiro atoms. The largest absolute Gasteiger partial charge is 0.416 e. The number of rotatable bonds is 1. The molecule has 2 rings (SSSR count). The standard InChI is InChI=1S/C13H14F3NO/c1-9-3-2-8-17(9)12(18)10-4-6-11(7-5-10)13(14,15)16/h4-7,9H,2-3,8H2,1H3. The SMILES string of the molecule is CC1CCCN1C(=O)c1ccc(C(F)(F)F)cc1. The Kier molecular flexibility index (Phi) is 3.32. The number of hydrogen-bond acceptors (Lipinski definition) is 1. The second-order valence-corrected chi connectivity index (χ2v) is 4.56. The van der Waals surface area contributed by atoms with Gasteiger partial charge in [-0.25, -0.2) is 0 Å². The lowest BCUT2D eigenvalue weighted by molar-refractivity contribution is -0.137. The minimum absolute atomic E-state index is 0.166. The first kappa shape index (κ1) is 12.9. The highest BCUT2D eigenvalue weighted by Gasteiger charge is 2.31. The number of nitrogens with zero attached hydrogens (tertiary/aromatic N) is 1. The molecule has 0 aromatic heterocycles. The zero-order valence-electron chi connectivity index (χ0n) is 10.00. The lowest BCUT2D eigenvalue weighted by atomic mass is 10.1. The number of likely N-dealkylation sites (tertiary alicyclic amines) is 1. The van der Waals surface area contributed by atoms with E-state index in [2.05, 4.69) is 0 Å². The first-order chi connectivity index (χ1) is 8.39. The molecule has 1 aliphatic heterocycles. The van der Waals surface area contributed by atoms with Gasteiger partial charge in [0.25, 0.3) is 5.91 Å². The molecule has 1 fully saturated rings. The van der Waals surface area contributed by atoms with Crippen molar-refractivity contribution in [3.05, 3.63) is 35.4 Å². The molecular weight excluding hydrogens is 243 g/mol. The molecule has 1 heterocycles. The number of alkyl halides is 3. The van der Waals surface area contributed by atoms with Crippen molar-refractivity contribution in [3.8, 4) is 0 Å². The quantitative estimate of drug-likeness (QED) is 0.755. The third-order valence-electron chi connectivity index (χ3n) is 3.27. The van der Waals surface area contributed by atoms with Crippen LogP contribution in [0, 0.1) is 0 Å². The maximum Gasteiger partial charge on any atom is 0.416 e. The fourth-order valence-electron chi connectivity index (χ4n) is 2.20. The fourth-order valence-corrected chi connectivity index (χ4v) is 2.20. The van der Waals surface area contributed by atoms with Crippen LogP contribution in [0.2, 0.25) is 0 Å². The third kappa shape index (κ3) is 2.49. The Morgan fingerprint density at radius 2 is 1.89 bits per heavy atom. The first-order valence-corrected chi connectivity index (χ1v) is 5.88. The van der Waals surface area contributed by atoms with Gasteiger partial charge in [0, 0.05) is 18.2 Å². The summed E-state index contributed by atoms with van der Waals surface area (Å²) in [6.45, 7) is 2.63. The molecule has 0 radical (unpaired) electrons. The monoisotopic (exact) mass is 257 g/mol.